The van der Waals surface area contributed by atoms with E-state index < -0.39 is 16.7 Å². The molecule has 2 amide bonds. The smallest absolute Gasteiger partial charge is 0.410 e. The van der Waals surface area contributed by atoms with Gasteiger partial charge in [0.15, 0.2) is 0 Å². The summed E-state index contributed by atoms with van der Waals surface area (Å²) in [5.41, 5.74) is -0.317. The summed E-state index contributed by atoms with van der Waals surface area (Å²) in [5.74, 6) is 0.290. The summed E-state index contributed by atoms with van der Waals surface area (Å²) in [7, 11) is 0. The summed E-state index contributed by atoms with van der Waals surface area (Å²) in [5, 5.41) is 0. The van der Waals surface area contributed by atoms with Crippen molar-refractivity contribution < 1.29 is 23.9 Å². The van der Waals surface area contributed by atoms with Crippen molar-refractivity contribution in [2.45, 2.75) is 109 Å². The van der Waals surface area contributed by atoms with Crippen LogP contribution in [0.3, 0.4) is 0 Å². The van der Waals surface area contributed by atoms with Gasteiger partial charge in [0, 0.05) is 51.1 Å². The number of benzene rings is 1. The molecule has 1 aromatic carbocycles. The average molecular weight is 528 g/mol. The van der Waals surface area contributed by atoms with E-state index in [1.54, 1.807) is 11.8 Å². The summed E-state index contributed by atoms with van der Waals surface area (Å²) in [4.78, 5) is 44.5. The maximum atomic E-state index is 12.9. The van der Waals surface area contributed by atoms with Gasteiger partial charge in [0.05, 0.1) is 12.0 Å². The Labute approximate surface area is 227 Å². The summed E-state index contributed by atoms with van der Waals surface area (Å²) < 4.78 is 11.2. The number of carbonyl (C=O) groups excluding carboxylic acids is 3. The normalized spacial score (nSPS) is 23.8. The summed E-state index contributed by atoms with van der Waals surface area (Å²) in [6, 6.07) is 10.9. The van der Waals surface area contributed by atoms with Crippen molar-refractivity contribution >= 4 is 18.0 Å². The van der Waals surface area contributed by atoms with Gasteiger partial charge in [-0.2, -0.15) is 0 Å². The van der Waals surface area contributed by atoms with Crippen molar-refractivity contribution in [3.8, 4) is 0 Å². The van der Waals surface area contributed by atoms with E-state index in [4.69, 9.17) is 9.47 Å². The number of carbonyl (C=O) groups is 3. The molecule has 2 saturated heterocycles. The zero-order valence-corrected chi connectivity index (χ0v) is 24.2. The highest BCUT2D eigenvalue weighted by molar-refractivity contribution is 5.75. The third-order valence-electron chi connectivity index (χ3n) is 7.75. The predicted octanol–water partition coefficient (Wildman–Crippen LogP) is 4.58. The van der Waals surface area contributed by atoms with Crippen LogP contribution >= 0.6 is 0 Å². The average Bonchev–Trinajstić information content (AvgIpc) is 3.55. The minimum atomic E-state index is -0.574. The number of rotatable bonds is 6. The van der Waals surface area contributed by atoms with E-state index in [0.29, 0.717) is 19.0 Å². The van der Waals surface area contributed by atoms with Crippen molar-refractivity contribution in [3.63, 3.8) is 0 Å². The summed E-state index contributed by atoms with van der Waals surface area (Å²) in [6.07, 6.45) is 2.58. The van der Waals surface area contributed by atoms with Crippen LogP contribution in [-0.2, 0) is 19.1 Å². The molecule has 3 fully saturated rings. The van der Waals surface area contributed by atoms with Crippen LogP contribution in [0.5, 0.6) is 0 Å². The highest BCUT2D eigenvalue weighted by atomic mass is 16.6. The summed E-state index contributed by atoms with van der Waals surface area (Å²) in [6.45, 7) is 15.2. The Morgan fingerprint density at radius 3 is 2.05 bits per heavy atom. The van der Waals surface area contributed by atoms with E-state index in [0.717, 1.165) is 32.4 Å². The molecule has 0 radical (unpaired) electrons. The molecule has 1 saturated carbocycles. The van der Waals surface area contributed by atoms with E-state index in [1.807, 2.05) is 47.6 Å². The first-order chi connectivity index (χ1) is 17.7. The standard InChI is InChI=1S/C30H45N3O5/c1-21(34)33(25-17-24(25)22-11-9-8-10-12-22)23-13-15-32(16-14-23)30(18-26(35)37-28(2,3)4)19-31(20-30)27(36)38-29(5,6)7/h8-12,23-25H,13-20H2,1-7H3/t24?,25-/m1/s1. The fourth-order valence-corrected chi connectivity index (χ4v) is 6.12. The second-order valence-corrected chi connectivity index (χ2v) is 13.3. The Balaban J connectivity index is 1.42. The fraction of sp³-hybridized carbons (Fsp3) is 0.700. The quantitative estimate of drug-likeness (QED) is 0.504. The molecule has 0 aromatic heterocycles. The Morgan fingerprint density at radius 1 is 0.947 bits per heavy atom. The van der Waals surface area contributed by atoms with Crippen LogP contribution in [-0.4, -0.2) is 87.7 Å². The van der Waals surface area contributed by atoms with Gasteiger partial charge < -0.3 is 19.3 Å². The molecule has 0 N–H and O–H groups in total. The zero-order chi connectivity index (χ0) is 27.9. The molecule has 8 nitrogen and oxygen atoms in total. The minimum absolute atomic E-state index is 0.134. The monoisotopic (exact) mass is 527 g/mol. The van der Waals surface area contributed by atoms with Crippen LogP contribution in [0, 0.1) is 0 Å². The van der Waals surface area contributed by atoms with Crippen LogP contribution in [0.15, 0.2) is 30.3 Å². The van der Waals surface area contributed by atoms with Gasteiger partial charge in [0.1, 0.15) is 11.2 Å². The highest BCUT2D eigenvalue weighted by Gasteiger charge is 2.54. The second-order valence-electron chi connectivity index (χ2n) is 13.3. The summed E-state index contributed by atoms with van der Waals surface area (Å²) >= 11 is 0. The number of hydrogen-bond acceptors (Lipinski definition) is 6. The van der Waals surface area contributed by atoms with Gasteiger partial charge in [-0.25, -0.2) is 4.79 Å². The van der Waals surface area contributed by atoms with E-state index in [9.17, 15) is 14.4 Å². The molecule has 1 aliphatic carbocycles. The number of piperidine rings is 1. The molecule has 2 heterocycles. The van der Waals surface area contributed by atoms with E-state index >= 15 is 0 Å². The van der Waals surface area contributed by atoms with Gasteiger partial charge in [0.2, 0.25) is 5.91 Å². The number of nitrogens with zero attached hydrogens (tertiary/aromatic N) is 3. The lowest BCUT2D eigenvalue weighted by Gasteiger charge is -2.57. The lowest BCUT2D eigenvalue weighted by atomic mass is 9.82. The third kappa shape index (κ3) is 6.68. The van der Waals surface area contributed by atoms with Crippen molar-refractivity contribution in [1.29, 1.82) is 0 Å². The Hall–Kier alpha value is -2.61. The van der Waals surface area contributed by atoms with Gasteiger partial charge >= 0.3 is 12.1 Å². The van der Waals surface area contributed by atoms with Gasteiger partial charge in [0.25, 0.3) is 0 Å². The Morgan fingerprint density at radius 2 is 1.53 bits per heavy atom. The topological polar surface area (TPSA) is 79.4 Å². The first-order valence-corrected chi connectivity index (χ1v) is 14.0. The Bertz CT molecular complexity index is 1010. The number of ether oxygens (including phenoxy) is 2. The molecule has 38 heavy (non-hydrogen) atoms. The SMILES string of the molecule is CC(=O)N(C1CCN(C2(CC(=O)OC(C)(C)C)CN(C(=O)OC(C)(C)C)C2)CC1)[C@@H]1CC1c1ccccc1. The van der Waals surface area contributed by atoms with E-state index in [1.165, 1.54) is 5.56 Å². The molecule has 0 bridgehead atoms. The largest absolute Gasteiger partial charge is 0.460 e. The fourth-order valence-electron chi connectivity index (χ4n) is 6.12. The molecule has 2 aliphatic heterocycles. The minimum Gasteiger partial charge on any atom is -0.460 e. The van der Waals surface area contributed by atoms with Gasteiger partial charge in [-0.15, -0.1) is 0 Å². The molecule has 2 atom stereocenters. The van der Waals surface area contributed by atoms with Crippen LogP contribution in [0.1, 0.15) is 85.6 Å². The van der Waals surface area contributed by atoms with Crippen LogP contribution in [0.4, 0.5) is 4.79 Å². The first kappa shape index (κ1) is 28.4. The van der Waals surface area contributed by atoms with E-state index in [-0.39, 0.29) is 36.5 Å². The molecule has 1 aromatic rings. The van der Waals surface area contributed by atoms with Gasteiger partial charge in [-0.3, -0.25) is 14.5 Å². The van der Waals surface area contributed by atoms with Crippen molar-refractivity contribution in [1.82, 2.24) is 14.7 Å². The number of likely N-dealkylation sites (tertiary alicyclic amines) is 2. The maximum absolute atomic E-state index is 12.9. The Kier molecular flexibility index (Phi) is 7.86. The zero-order valence-electron chi connectivity index (χ0n) is 24.2. The van der Waals surface area contributed by atoms with Crippen molar-refractivity contribution in [3.05, 3.63) is 35.9 Å². The van der Waals surface area contributed by atoms with Gasteiger partial charge in [-0.05, 0) is 66.4 Å². The predicted molar refractivity (Wildman–Crippen MR) is 146 cm³/mol. The molecule has 4 rings (SSSR count). The van der Waals surface area contributed by atoms with Crippen LogP contribution < -0.4 is 0 Å². The van der Waals surface area contributed by atoms with Crippen molar-refractivity contribution in [2.75, 3.05) is 26.2 Å². The molecule has 210 valence electrons. The molecule has 0 spiro atoms. The molecule has 8 heteroatoms. The maximum Gasteiger partial charge on any atom is 0.410 e. The number of hydrogen-bond donors (Lipinski definition) is 0. The number of esters is 1. The van der Waals surface area contributed by atoms with Crippen LogP contribution in [0.25, 0.3) is 0 Å². The molecule has 3 aliphatic rings. The van der Waals surface area contributed by atoms with Crippen molar-refractivity contribution in [2.24, 2.45) is 0 Å². The number of amides is 2. The molecular formula is C30H45N3O5. The third-order valence-corrected chi connectivity index (χ3v) is 7.75. The lowest BCUT2D eigenvalue weighted by molar-refractivity contribution is -0.164. The van der Waals surface area contributed by atoms with Gasteiger partial charge in [-0.1, -0.05) is 30.3 Å². The lowest BCUT2D eigenvalue weighted by Crippen LogP contribution is -2.73. The molecule has 1 unspecified atom stereocenters. The second kappa shape index (κ2) is 10.5. The molecular weight excluding hydrogens is 482 g/mol. The van der Waals surface area contributed by atoms with E-state index in [2.05, 4.69) is 34.1 Å². The first-order valence-electron chi connectivity index (χ1n) is 14.0. The highest BCUT2D eigenvalue weighted by Crippen LogP contribution is 2.47. The van der Waals surface area contributed by atoms with Crippen LogP contribution in [0.2, 0.25) is 0 Å².